The summed E-state index contributed by atoms with van der Waals surface area (Å²) in [6.07, 6.45) is 0. The number of nitrogens with zero attached hydrogens (tertiary/aromatic N) is 1. The van der Waals surface area contributed by atoms with Crippen LogP contribution in [0.3, 0.4) is 0 Å². The number of carbonyl (C=O) groups is 2. The average molecular weight is 370 g/mol. The summed E-state index contributed by atoms with van der Waals surface area (Å²) in [4.78, 5) is 27.3. The van der Waals surface area contributed by atoms with E-state index in [0.29, 0.717) is 37.4 Å². The fourth-order valence-corrected chi connectivity index (χ4v) is 3.02. The first-order valence-electron chi connectivity index (χ1n) is 8.69. The van der Waals surface area contributed by atoms with E-state index in [-0.39, 0.29) is 11.7 Å². The molecule has 1 amide bonds. The molecule has 142 valence electrons. The van der Waals surface area contributed by atoms with Crippen LogP contribution in [-0.4, -0.2) is 50.4 Å². The molecule has 0 unspecified atom stereocenters. The first-order valence-corrected chi connectivity index (χ1v) is 8.69. The highest BCUT2D eigenvalue weighted by molar-refractivity contribution is 6.01. The number of esters is 1. The van der Waals surface area contributed by atoms with Gasteiger partial charge in [-0.3, -0.25) is 4.79 Å². The van der Waals surface area contributed by atoms with Gasteiger partial charge in [-0.2, -0.15) is 0 Å². The van der Waals surface area contributed by atoms with E-state index in [9.17, 15) is 14.7 Å². The lowest BCUT2D eigenvalue weighted by Crippen LogP contribution is -2.39. The fourth-order valence-electron chi connectivity index (χ4n) is 3.02. The Morgan fingerprint density at radius 1 is 1.11 bits per heavy atom. The molecule has 27 heavy (non-hydrogen) atoms. The van der Waals surface area contributed by atoms with E-state index >= 15 is 0 Å². The maximum Gasteiger partial charge on any atom is 0.333 e. The predicted octanol–water partition coefficient (Wildman–Crippen LogP) is 1.87. The molecule has 1 atom stereocenters. The van der Waals surface area contributed by atoms with Crippen LogP contribution in [0.5, 0.6) is 5.75 Å². The van der Waals surface area contributed by atoms with Crippen LogP contribution in [0.25, 0.3) is 0 Å². The highest BCUT2D eigenvalue weighted by atomic mass is 16.5. The molecule has 2 aromatic carbocycles. The van der Waals surface area contributed by atoms with Gasteiger partial charge in [0.1, 0.15) is 5.75 Å². The SMILES string of the molecule is COC(=O)[C@H](NC(=O)c1ccccc1N1CCOCC1)c1ccc(O)cc1. The third-order valence-corrected chi connectivity index (χ3v) is 4.44. The van der Waals surface area contributed by atoms with Crippen molar-refractivity contribution in [2.24, 2.45) is 0 Å². The quantitative estimate of drug-likeness (QED) is 0.782. The van der Waals surface area contributed by atoms with Gasteiger partial charge < -0.3 is 24.8 Å². The molecule has 0 bridgehead atoms. The number of morpholine rings is 1. The van der Waals surface area contributed by atoms with E-state index < -0.39 is 12.0 Å². The van der Waals surface area contributed by atoms with Crippen molar-refractivity contribution in [3.8, 4) is 5.75 Å². The van der Waals surface area contributed by atoms with Crippen molar-refractivity contribution >= 4 is 17.6 Å². The second kappa shape index (κ2) is 8.55. The largest absolute Gasteiger partial charge is 0.508 e. The summed E-state index contributed by atoms with van der Waals surface area (Å²) < 4.78 is 10.2. The fraction of sp³-hybridized carbons (Fsp3) is 0.300. The highest BCUT2D eigenvalue weighted by Crippen LogP contribution is 2.24. The van der Waals surface area contributed by atoms with E-state index in [4.69, 9.17) is 9.47 Å². The minimum Gasteiger partial charge on any atom is -0.508 e. The van der Waals surface area contributed by atoms with Gasteiger partial charge >= 0.3 is 5.97 Å². The van der Waals surface area contributed by atoms with Crippen molar-refractivity contribution in [1.82, 2.24) is 5.32 Å². The van der Waals surface area contributed by atoms with Crippen molar-refractivity contribution in [3.63, 3.8) is 0 Å². The molecule has 0 radical (unpaired) electrons. The molecule has 0 saturated carbocycles. The Balaban J connectivity index is 1.86. The van der Waals surface area contributed by atoms with Gasteiger partial charge in [0.2, 0.25) is 0 Å². The molecule has 1 fully saturated rings. The molecule has 1 heterocycles. The zero-order chi connectivity index (χ0) is 19.2. The van der Waals surface area contributed by atoms with Crippen LogP contribution >= 0.6 is 0 Å². The van der Waals surface area contributed by atoms with Crippen LogP contribution in [0.4, 0.5) is 5.69 Å². The first kappa shape index (κ1) is 18.7. The van der Waals surface area contributed by atoms with Crippen molar-refractivity contribution in [2.75, 3.05) is 38.3 Å². The molecule has 0 spiro atoms. The minimum atomic E-state index is -0.971. The molecular weight excluding hydrogens is 348 g/mol. The lowest BCUT2D eigenvalue weighted by Gasteiger charge is -2.30. The number of amides is 1. The van der Waals surface area contributed by atoms with Crippen LogP contribution in [-0.2, 0) is 14.3 Å². The molecule has 0 aromatic heterocycles. The second-order valence-corrected chi connectivity index (χ2v) is 6.14. The van der Waals surface area contributed by atoms with Gasteiger partial charge in [0.05, 0.1) is 25.9 Å². The molecule has 7 heteroatoms. The number of hydrogen-bond acceptors (Lipinski definition) is 6. The van der Waals surface area contributed by atoms with Gasteiger partial charge in [0.15, 0.2) is 6.04 Å². The van der Waals surface area contributed by atoms with Crippen LogP contribution in [0.15, 0.2) is 48.5 Å². The number of ether oxygens (including phenoxy) is 2. The summed E-state index contributed by atoms with van der Waals surface area (Å²) in [5.74, 6) is -0.884. The normalized spacial score (nSPS) is 15.1. The van der Waals surface area contributed by atoms with Crippen molar-refractivity contribution in [2.45, 2.75) is 6.04 Å². The summed E-state index contributed by atoms with van der Waals surface area (Å²) in [7, 11) is 1.27. The van der Waals surface area contributed by atoms with Gasteiger partial charge in [-0.1, -0.05) is 24.3 Å². The molecular formula is C20H22N2O5. The Hall–Kier alpha value is -3.06. The summed E-state index contributed by atoms with van der Waals surface area (Å²) in [6.45, 7) is 2.61. The number of methoxy groups -OCH3 is 1. The number of nitrogens with one attached hydrogen (secondary N) is 1. The zero-order valence-corrected chi connectivity index (χ0v) is 15.1. The van der Waals surface area contributed by atoms with Crippen LogP contribution in [0.1, 0.15) is 22.0 Å². The summed E-state index contributed by atoms with van der Waals surface area (Å²) in [5.41, 5.74) is 1.80. The number of aromatic hydroxyl groups is 1. The van der Waals surface area contributed by atoms with E-state index in [2.05, 4.69) is 10.2 Å². The van der Waals surface area contributed by atoms with Crippen LogP contribution in [0, 0.1) is 0 Å². The van der Waals surface area contributed by atoms with Crippen molar-refractivity contribution in [1.29, 1.82) is 0 Å². The van der Waals surface area contributed by atoms with E-state index in [0.717, 1.165) is 5.69 Å². The molecule has 7 nitrogen and oxygen atoms in total. The smallest absolute Gasteiger partial charge is 0.333 e. The van der Waals surface area contributed by atoms with Gasteiger partial charge in [-0.05, 0) is 29.8 Å². The summed E-state index contributed by atoms with van der Waals surface area (Å²) in [6, 6.07) is 12.4. The van der Waals surface area contributed by atoms with E-state index in [1.165, 1.54) is 19.2 Å². The Morgan fingerprint density at radius 3 is 2.44 bits per heavy atom. The number of phenols is 1. The number of phenolic OH excluding ortho intramolecular Hbond substituents is 1. The first-order chi connectivity index (χ1) is 13.1. The molecule has 2 N–H and O–H groups in total. The Morgan fingerprint density at radius 2 is 1.78 bits per heavy atom. The third kappa shape index (κ3) is 4.38. The summed E-state index contributed by atoms with van der Waals surface area (Å²) in [5, 5.41) is 12.2. The minimum absolute atomic E-state index is 0.0753. The lowest BCUT2D eigenvalue weighted by atomic mass is 10.1. The molecule has 0 aliphatic carbocycles. The second-order valence-electron chi connectivity index (χ2n) is 6.14. The number of carbonyl (C=O) groups excluding carboxylic acids is 2. The highest BCUT2D eigenvalue weighted by Gasteiger charge is 2.26. The average Bonchev–Trinajstić information content (AvgIpc) is 2.72. The molecule has 3 rings (SSSR count). The maximum absolute atomic E-state index is 13.0. The van der Waals surface area contributed by atoms with Gasteiger partial charge in [-0.25, -0.2) is 4.79 Å². The van der Waals surface area contributed by atoms with Gasteiger partial charge in [0, 0.05) is 18.8 Å². The van der Waals surface area contributed by atoms with Crippen LogP contribution < -0.4 is 10.2 Å². The van der Waals surface area contributed by atoms with Gasteiger partial charge in [-0.15, -0.1) is 0 Å². The van der Waals surface area contributed by atoms with Gasteiger partial charge in [0.25, 0.3) is 5.91 Å². The molecule has 1 aliphatic rings. The monoisotopic (exact) mass is 370 g/mol. The molecule has 1 aliphatic heterocycles. The number of benzene rings is 2. The Kier molecular flexibility index (Phi) is 5.93. The third-order valence-electron chi connectivity index (χ3n) is 4.44. The molecule has 2 aromatic rings. The Labute approximate surface area is 157 Å². The standard InChI is InChI=1S/C20H22N2O5/c1-26-20(25)18(14-6-8-15(23)9-7-14)21-19(24)16-4-2-3-5-17(16)22-10-12-27-13-11-22/h2-9,18,23H,10-13H2,1H3,(H,21,24)/t18-/m1/s1. The predicted molar refractivity (Wildman–Crippen MR) is 99.8 cm³/mol. The zero-order valence-electron chi connectivity index (χ0n) is 15.1. The number of para-hydroxylation sites is 1. The topological polar surface area (TPSA) is 88.1 Å². The molecule has 1 saturated heterocycles. The van der Waals surface area contributed by atoms with E-state index in [1.807, 2.05) is 12.1 Å². The number of rotatable bonds is 5. The van der Waals surface area contributed by atoms with Crippen molar-refractivity contribution in [3.05, 3.63) is 59.7 Å². The lowest BCUT2D eigenvalue weighted by molar-refractivity contribution is -0.143. The van der Waals surface area contributed by atoms with Crippen molar-refractivity contribution < 1.29 is 24.2 Å². The Bertz CT molecular complexity index is 800. The number of hydrogen-bond donors (Lipinski definition) is 2. The number of anilines is 1. The van der Waals surface area contributed by atoms with E-state index in [1.54, 1.807) is 24.3 Å². The summed E-state index contributed by atoms with van der Waals surface area (Å²) >= 11 is 0. The van der Waals surface area contributed by atoms with Crippen LogP contribution in [0.2, 0.25) is 0 Å². The maximum atomic E-state index is 13.0.